The van der Waals surface area contributed by atoms with Crippen molar-refractivity contribution in [3.8, 4) is 0 Å². The van der Waals surface area contributed by atoms with Crippen LogP contribution in [0.4, 0.5) is 5.95 Å². The zero-order valence-electron chi connectivity index (χ0n) is 14.8. The van der Waals surface area contributed by atoms with E-state index in [1.165, 1.54) is 6.33 Å². The average Bonchev–Trinajstić information content (AvgIpc) is 3.14. The van der Waals surface area contributed by atoms with Crippen LogP contribution in [0.25, 0.3) is 0 Å². The summed E-state index contributed by atoms with van der Waals surface area (Å²) in [5.74, 6) is -0.303. The normalized spacial score (nSPS) is 18.3. The summed E-state index contributed by atoms with van der Waals surface area (Å²) < 4.78 is 1.65. The highest BCUT2D eigenvalue weighted by Gasteiger charge is 2.40. The second kappa shape index (κ2) is 7.66. The summed E-state index contributed by atoms with van der Waals surface area (Å²) in [6, 6.07) is 14.4. The predicted molar refractivity (Wildman–Crippen MR) is 109 cm³/mol. The first-order chi connectivity index (χ1) is 13.5. The molecule has 1 aliphatic heterocycles. The van der Waals surface area contributed by atoms with Gasteiger partial charge in [-0.3, -0.25) is 4.79 Å². The number of benzene rings is 2. The number of aromatic nitrogens is 3. The molecule has 1 amide bonds. The van der Waals surface area contributed by atoms with Gasteiger partial charge in [-0.2, -0.15) is 10.1 Å². The Balaban J connectivity index is 1.69. The lowest BCUT2D eigenvalue weighted by Gasteiger charge is -2.34. The molecule has 0 spiro atoms. The number of fused-ring (bicyclic) bond motifs is 1. The fourth-order valence-corrected chi connectivity index (χ4v) is 3.87. The van der Waals surface area contributed by atoms with E-state index in [0.29, 0.717) is 28.2 Å². The summed E-state index contributed by atoms with van der Waals surface area (Å²) in [4.78, 5) is 17.3. The van der Waals surface area contributed by atoms with Crippen molar-refractivity contribution in [1.29, 1.82) is 0 Å². The van der Waals surface area contributed by atoms with Gasteiger partial charge >= 0.3 is 0 Å². The molecule has 2 heterocycles. The molecule has 0 saturated carbocycles. The number of nitrogens with zero attached hydrogens (tertiary/aromatic N) is 3. The van der Waals surface area contributed by atoms with E-state index in [1.807, 2.05) is 30.3 Å². The van der Waals surface area contributed by atoms with E-state index >= 15 is 0 Å². The molecule has 3 aromatic rings. The Hall–Kier alpha value is -2.83. The van der Waals surface area contributed by atoms with Crippen molar-refractivity contribution in [1.82, 2.24) is 20.1 Å². The zero-order valence-corrected chi connectivity index (χ0v) is 16.3. The fourth-order valence-electron chi connectivity index (χ4n) is 3.35. The van der Waals surface area contributed by atoms with Gasteiger partial charge in [0.25, 0.3) is 0 Å². The van der Waals surface area contributed by atoms with Crippen LogP contribution in [0.5, 0.6) is 0 Å². The minimum absolute atomic E-state index is 0.182. The molecule has 2 atom stereocenters. The summed E-state index contributed by atoms with van der Waals surface area (Å²) in [5.41, 5.74) is 2.26. The summed E-state index contributed by atoms with van der Waals surface area (Å²) in [5, 5.41) is 11.3. The van der Waals surface area contributed by atoms with Crippen LogP contribution in [0.3, 0.4) is 0 Å². The van der Waals surface area contributed by atoms with Gasteiger partial charge in [-0.15, -0.1) is 0 Å². The van der Waals surface area contributed by atoms with E-state index in [2.05, 4.69) is 27.3 Å². The molecule has 0 fully saturated rings. The predicted octanol–water partition coefficient (Wildman–Crippen LogP) is 4.05. The van der Waals surface area contributed by atoms with Gasteiger partial charge in [0.05, 0.1) is 6.04 Å². The molecule has 28 heavy (non-hydrogen) atoms. The lowest BCUT2D eigenvalue weighted by atomic mass is 9.88. The molecule has 6 nitrogen and oxygen atoms in total. The van der Waals surface area contributed by atoms with Crippen molar-refractivity contribution in [3.63, 3.8) is 0 Å². The molecule has 0 aliphatic carbocycles. The third kappa shape index (κ3) is 3.48. The van der Waals surface area contributed by atoms with Crippen LogP contribution in [0.15, 0.2) is 67.1 Å². The summed E-state index contributed by atoms with van der Waals surface area (Å²) in [7, 11) is 0. The molecule has 0 saturated heterocycles. The van der Waals surface area contributed by atoms with Crippen LogP contribution >= 0.6 is 23.2 Å². The quantitative estimate of drug-likeness (QED) is 0.676. The van der Waals surface area contributed by atoms with Gasteiger partial charge in [0.1, 0.15) is 12.2 Å². The van der Waals surface area contributed by atoms with Gasteiger partial charge in [-0.05, 0) is 23.3 Å². The number of nitrogens with one attached hydrogen (secondary N) is 2. The number of hydrogen-bond acceptors (Lipinski definition) is 4. The SMILES string of the molecule is C=C1Nc2ncnn2[C@H](c2ccc(Cl)cc2Cl)[C@H]1C(=O)NCc1ccccc1. The molecule has 1 aromatic heterocycles. The van der Waals surface area contributed by atoms with Crippen molar-refractivity contribution in [2.24, 2.45) is 5.92 Å². The Morgan fingerprint density at radius 2 is 2.00 bits per heavy atom. The second-order valence-electron chi connectivity index (χ2n) is 6.47. The van der Waals surface area contributed by atoms with Crippen molar-refractivity contribution >= 4 is 35.1 Å². The molecule has 4 rings (SSSR count). The average molecular weight is 414 g/mol. The molecule has 142 valence electrons. The number of amides is 1. The van der Waals surface area contributed by atoms with E-state index in [4.69, 9.17) is 23.2 Å². The maximum Gasteiger partial charge on any atom is 0.231 e. The van der Waals surface area contributed by atoms with Gasteiger partial charge in [0, 0.05) is 22.3 Å². The molecule has 0 radical (unpaired) electrons. The lowest BCUT2D eigenvalue weighted by Crippen LogP contribution is -2.42. The van der Waals surface area contributed by atoms with Crippen LogP contribution < -0.4 is 10.6 Å². The Morgan fingerprint density at radius 1 is 1.21 bits per heavy atom. The molecule has 8 heteroatoms. The Bertz CT molecular complexity index is 1030. The number of anilines is 1. The molecule has 2 aromatic carbocycles. The highest BCUT2D eigenvalue weighted by Crippen LogP contribution is 2.40. The zero-order chi connectivity index (χ0) is 19.7. The van der Waals surface area contributed by atoms with Crippen LogP contribution in [0.1, 0.15) is 17.2 Å². The Kier molecular flexibility index (Phi) is 5.07. The number of halogens is 2. The monoisotopic (exact) mass is 413 g/mol. The van der Waals surface area contributed by atoms with Gasteiger partial charge < -0.3 is 10.6 Å². The molecular formula is C20H17Cl2N5O. The number of carbonyl (C=O) groups excluding carboxylic acids is 1. The van der Waals surface area contributed by atoms with E-state index in [0.717, 1.165) is 11.1 Å². The summed E-state index contributed by atoms with van der Waals surface area (Å²) in [6.07, 6.45) is 1.43. The van der Waals surface area contributed by atoms with E-state index < -0.39 is 12.0 Å². The Labute approximate surface area is 172 Å². The second-order valence-corrected chi connectivity index (χ2v) is 7.31. The summed E-state index contributed by atoms with van der Waals surface area (Å²) >= 11 is 12.5. The summed E-state index contributed by atoms with van der Waals surface area (Å²) in [6.45, 7) is 4.46. The van der Waals surface area contributed by atoms with Crippen LogP contribution in [-0.4, -0.2) is 20.7 Å². The maximum absolute atomic E-state index is 13.1. The highest BCUT2D eigenvalue weighted by atomic mass is 35.5. The lowest BCUT2D eigenvalue weighted by molar-refractivity contribution is -0.125. The molecule has 0 unspecified atom stereocenters. The third-order valence-electron chi connectivity index (χ3n) is 4.67. The maximum atomic E-state index is 13.1. The van der Waals surface area contributed by atoms with Gasteiger partial charge in [-0.25, -0.2) is 4.68 Å². The Morgan fingerprint density at radius 3 is 2.75 bits per heavy atom. The van der Waals surface area contributed by atoms with Crippen molar-refractivity contribution < 1.29 is 4.79 Å². The van der Waals surface area contributed by atoms with E-state index in [-0.39, 0.29) is 5.91 Å². The minimum Gasteiger partial charge on any atom is -0.351 e. The number of carbonyl (C=O) groups is 1. The highest BCUT2D eigenvalue weighted by molar-refractivity contribution is 6.35. The first-order valence-corrected chi connectivity index (χ1v) is 9.42. The van der Waals surface area contributed by atoms with E-state index in [1.54, 1.807) is 22.9 Å². The van der Waals surface area contributed by atoms with E-state index in [9.17, 15) is 4.79 Å². The van der Waals surface area contributed by atoms with Gasteiger partial charge in [0.15, 0.2) is 0 Å². The van der Waals surface area contributed by atoms with Gasteiger partial charge in [-0.1, -0.05) is 66.2 Å². The smallest absolute Gasteiger partial charge is 0.231 e. The minimum atomic E-state index is -0.628. The van der Waals surface area contributed by atoms with Crippen molar-refractivity contribution in [3.05, 3.63) is 88.3 Å². The van der Waals surface area contributed by atoms with Crippen LogP contribution in [0.2, 0.25) is 10.0 Å². The van der Waals surface area contributed by atoms with Gasteiger partial charge in [0.2, 0.25) is 11.9 Å². The molecule has 0 bridgehead atoms. The fraction of sp³-hybridized carbons (Fsp3) is 0.150. The van der Waals surface area contributed by atoms with Crippen LogP contribution in [0, 0.1) is 5.92 Å². The topological polar surface area (TPSA) is 71.8 Å². The molecule has 1 aliphatic rings. The molecule has 2 N–H and O–H groups in total. The molecular weight excluding hydrogens is 397 g/mol. The van der Waals surface area contributed by atoms with Crippen molar-refractivity contribution in [2.45, 2.75) is 12.6 Å². The van der Waals surface area contributed by atoms with Crippen LogP contribution in [-0.2, 0) is 11.3 Å². The third-order valence-corrected chi connectivity index (χ3v) is 5.24. The standard InChI is InChI=1S/C20H17Cl2N5O/c1-12-17(19(28)23-10-13-5-3-2-4-6-13)18(27-20(26-12)24-11-25-27)15-8-7-14(21)9-16(15)22/h2-9,11,17-18H,1,10H2,(H,23,28)(H,24,25,26)/t17-,18+/m0/s1. The first kappa shape index (κ1) is 18.5. The largest absolute Gasteiger partial charge is 0.351 e. The number of rotatable bonds is 4. The van der Waals surface area contributed by atoms with Crippen molar-refractivity contribution in [2.75, 3.05) is 5.32 Å². The first-order valence-electron chi connectivity index (χ1n) is 8.66. The number of hydrogen-bond donors (Lipinski definition) is 2.